The number of aromatic nitrogens is 4. The van der Waals surface area contributed by atoms with Crippen molar-refractivity contribution in [2.24, 2.45) is 0 Å². The van der Waals surface area contributed by atoms with Crippen molar-refractivity contribution in [3.8, 4) is 0 Å². The number of fused-ring (bicyclic) bond motifs is 1. The largest absolute Gasteiger partial charge is 0.468 e. The molecule has 0 saturated carbocycles. The van der Waals surface area contributed by atoms with Crippen molar-refractivity contribution < 1.29 is 4.42 Å². The lowest BCUT2D eigenvalue weighted by molar-refractivity contribution is 0.467. The number of nitrogens with zero attached hydrogens (tertiary/aromatic N) is 4. The predicted molar refractivity (Wildman–Crippen MR) is 67.7 cm³/mol. The second-order valence-corrected chi connectivity index (χ2v) is 4.07. The van der Waals surface area contributed by atoms with Gasteiger partial charge in [0.05, 0.1) is 25.5 Å². The normalized spacial score (nSPS) is 11.2. The van der Waals surface area contributed by atoms with Crippen LogP contribution >= 0.6 is 0 Å². The molecule has 7 heteroatoms. The summed E-state index contributed by atoms with van der Waals surface area (Å²) in [6.45, 7) is 1.77. The summed E-state index contributed by atoms with van der Waals surface area (Å²) >= 11 is 0. The summed E-state index contributed by atoms with van der Waals surface area (Å²) in [4.78, 5) is 15.9. The van der Waals surface area contributed by atoms with Crippen molar-refractivity contribution in [2.45, 2.75) is 13.1 Å². The SMILES string of the molecule is O=c1n(CCNCc2ccco2)nc2cnccn12. The molecule has 0 atom stereocenters. The van der Waals surface area contributed by atoms with E-state index in [0.29, 0.717) is 25.3 Å². The van der Waals surface area contributed by atoms with Gasteiger partial charge in [-0.2, -0.15) is 0 Å². The first-order chi connectivity index (χ1) is 9.34. The molecule has 0 saturated heterocycles. The summed E-state index contributed by atoms with van der Waals surface area (Å²) in [5, 5.41) is 7.38. The molecule has 3 heterocycles. The standard InChI is InChI=1S/C12H13N5O2/c18-12-16-5-3-14-9-11(16)15-17(12)6-4-13-8-10-2-1-7-19-10/h1-3,5,7,9,13H,4,6,8H2. The highest BCUT2D eigenvalue weighted by molar-refractivity contribution is 5.31. The molecule has 0 bridgehead atoms. The van der Waals surface area contributed by atoms with Gasteiger partial charge in [-0.3, -0.25) is 4.98 Å². The third-order valence-electron chi connectivity index (χ3n) is 2.77. The first kappa shape index (κ1) is 11.7. The maximum absolute atomic E-state index is 11.9. The number of rotatable bonds is 5. The van der Waals surface area contributed by atoms with E-state index in [0.717, 1.165) is 5.76 Å². The van der Waals surface area contributed by atoms with E-state index in [4.69, 9.17) is 4.42 Å². The molecule has 19 heavy (non-hydrogen) atoms. The van der Waals surface area contributed by atoms with Gasteiger partial charge in [0.1, 0.15) is 5.76 Å². The van der Waals surface area contributed by atoms with Gasteiger partial charge in [0.25, 0.3) is 0 Å². The van der Waals surface area contributed by atoms with Crippen molar-refractivity contribution in [1.82, 2.24) is 24.5 Å². The molecule has 0 radical (unpaired) electrons. The maximum atomic E-state index is 11.9. The van der Waals surface area contributed by atoms with Crippen molar-refractivity contribution in [3.63, 3.8) is 0 Å². The molecule has 0 unspecified atom stereocenters. The second-order valence-electron chi connectivity index (χ2n) is 4.07. The molecule has 0 aliphatic rings. The van der Waals surface area contributed by atoms with Crippen molar-refractivity contribution in [1.29, 1.82) is 0 Å². The Hall–Kier alpha value is -2.41. The summed E-state index contributed by atoms with van der Waals surface area (Å²) in [6.07, 6.45) is 6.37. The molecule has 0 spiro atoms. The first-order valence-corrected chi connectivity index (χ1v) is 5.97. The molecule has 0 aliphatic heterocycles. The highest BCUT2D eigenvalue weighted by atomic mass is 16.3. The Balaban J connectivity index is 1.62. The van der Waals surface area contributed by atoms with Gasteiger partial charge in [-0.25, -0.2) is 13.9 Å². The van der Waals surface area contributed by atoms with E-state index >= 15 is 0 Å². The van der Waals surface area contributed by atoms with Crippen LogP contribution < -0.4 is 11.0 Å². The average Bonchev–Trinajstić information content (AvgIpc) is 3.04. The Morgan fingerprint density at radius 1 is 1.42 bits per heavy atom. The molecule has 3 aromatic rings. The number of hydrogen-bond acceptors (Lipinski definition) is 5. The zero-order chi connectivity index (χ0) is 13.1. The maximum Gasteiger partial charge on any atom is 0.350 e. The van der Waals surface area contributed by atoms with Crippen LogP contribution in [-0.2, 0) is 13.1 Å². The lowest BCUT2D eigenvalue weighted by atomic mass is 10.4. The van der Waals surface area contributed by atoms with Crippen LogP contribution in [0.3, 0.4) is 0 Å². The topological polar surface area (TPSA) is 77.4 Å². The van der Waals surface area contributed by atoms with Gasteiger partial charge in [-0.05, 0) is 12.1 Å². The lowest BCUT2D eigenvalue weighted by Crippen LogP contribution is -2.27. The van der Waals surface area contributed by atoms with Gasteiger partial charge >= 0.3 is 5.69 Å². The molecule has 1 N–H and O–H groups in total. The van der Waals surface area contributed by atoms with Gasteiger partial charge in [-0.1, -0.05) is 0 Å². The number of hydrogen-bond donors (Lipinski definition) is 1. The van der Waals surface area contributed by atoms with Gasteiger partial charge in [0.15, 0.2) is 5.65 Å². The number of nitrogens with one attached hydrogen (secondary N) is 1. The Morgan fingerprint density at radius 3 is 3.16 bits per heavy atom. The monoisotopic (exact) mass is 259 g/mol. The minimum atomic E-state index is -0.155. The zero-order valence-electron chi connectivity index (χ0n) is 10.2. The Kier molecular flexibility index (Phi) is 3.11. The fourth-order valence-electron chi connectivity index (χ4n) is 1.84. The molecular formula is C12H13N5O2. The second kappa shape index (κ2) is 5.07. The minimum absolute atomic E-state index is 0.155. The molecular weight excluding hydrogens is 246 g/mol. The number of furan rings is 1. The third-order valence-corrected chi connectivity index (χ3v) is 2.77. The summed E-state index contributed by atoms with van der Waals surface area (Å²) in [6, 6.07) is 3.74. The van der Waals surface area contributed by atoms with Gasteiger partial charge in [0, 0.05) is 18.9 Å². The minimum Gasteiger partial charge on any atom is -0.468 e. The summed E-state index contributed by atoms with van der Waals surface area (Å²) in [7, 11) is 0. The van der Waals surface area contributed by atoms with E-state index in [1.54, 1.807) is 24.9 Å². The van der Waals surface area contributed by atoms with Crippen LogP contribution in [0.2, 0.25) is 0 Å². The molecule has 7 nitrogen and oxygen atoms in total. The molecule has 3 rings (SSSR count). The van der Waals surface area contributed by atoms with E-state index in [-0.39, 0.29) is 5.69 Å². The third kappa shape index (κ3) is 2.41. The van der Waals surface area contributed by atoms with E-state index in [2.05, 4.69) is 15.4 Å². The Morgan fingerprint density at radius 2 is 2.37 bits per heavy atom. The van der Waals surface area contributed by atoms with E-state index in [1.807, 2.05) is 12.1 Å². The van der Waals surface area contributed by atoms with Crippen LogP contribution in [0.15, 0.2) is 46.2 Å². The molecule has 0 fully saturated rings. The lowest BCUT2D eigenvalue weighted by Gasteiger charge is -2.01. The molecule has 0 amide bonds. The van der Waals surface area contributed by atoms with E-state index in [9.17, 15) is 4.79 Å². The van der Waals surface area contributed by atoms with Crippen LogP contribution in [0.25, 0.3) is 5.65 Å². The highest BCUT2D eigenvalue weighted by Crippen LogP contribution is 1.98. The van der Waals surface area contributed by atoms with E-state index in [1.165, 1.54) is 9.08 Å². The van der Waals surface area contributed by atoms with Gasteiger partial charge < -0.3 is 9.73 Å². The smallest absolute Gasteiger partial charge is 0.350 e. The fraction of sp³-hybridized carbons (Fsp3) is 0.250. The van der Waals surface area contributed by atoms with Crippen molar-refractivity contribution >= 4 is 5.65 Å². The highest BCUT2D eigenvalue weighted by Gasteiger charge is 2.05. The summed E-state index contributed by atoms with van der Waals surface area (Å²) in [5.74, 6) is 0.867. The van der Waals surface area contributed by atoms with E-state index < -0.39 is 0 Å². The molecule has 0 aliphatic carbocycles. The molecule has 0 aromatic carbocycles. The van der Waals surface area contributed by atoms with Crippen LogP contribution in [0.4, 0.5) is 0 Å². The quantitative estimate of drug-likeness (QED) is 0.666. The fourth-order valence-corrected chi connectivity index (χ4v) is 1.84. The molecule has 3 aromatic heterocycles. The van der Waals surface area contributed by atoms with Crippen LogP contribution in [0.5, 0.6) is 0 Å². The average molecular weight is 259 g/mol. The van der Waals surface area contributed by atoms with Crippen LogP contribution in [0, 0.1) is 0 Å². The first-order valence-electron chi connectivity index (χ1n) is 5.97. The van der Waals surface area contributed by atoms with Gasteiger partial charge in [-0.15, -0.1) is 5.10 Å². The predicted octanol–water partition coefficient (Wildman–Crippen LogP) is 0.274. The van der Waals surface area contributed by atoms with Crippen molar-refractivity contribution in [3.05, 3.63) is 53.2 Å². The van der Waals surface area contributed by atoms with Crippen LogP contribution in [-0.4, -0.2) is 25.7 Å². The summed E-state index contributed by atoms with van der Waals surface area (Å²) in [5.41, 5.74) is 0.399. The van der Waals surface area contributed by atoms with Crippen molar-refractivity contribution in [2.75, 3.05) is 6.54 Å². The molecule has 98 valence electrons. The van der Waals surface area contributed by atoms with Gasteiger partial charge in [0.2, 0.25) is 0 Å². The Labute approximate surface area is 108 Å². The zero-order valence-corrected chi connectivity index (χ0v) is 10.2. The van der Waals surface area contributed by atoms with Crippen LogP contribution in [0.1, 0.15) is 5.76 Å². The Bertz CT molecular complexity index is 713. The summed E-state index contributed by atoms with van der Waals surface area (Å²) < 4.78 is 8.09.